The van der Waals surface area contributed by atoms with Crippen LogP contribution in [0.3, 0.4) is 0 Å². The van der Waals surface area contributed by atoms with E-state index in [1.54, 1.807) is 7.11 Å². The molecule has 3 rings (SSSR count). The first kappa shape index (κ1) is 13.6. The lowest BCUT2D eigenvalue weighted by Crippen LogP contribution is -2.01. The Balaban J connectivity index is 1.84. The first-order chi connectivity index (χ1) is 10.3. The Labute approximate surface area is 127 Å². The third-order valence-corrected chi connectivity index (χ3v) is 3.55. The summed E-state index contributed by atoms with van der Waals surface area (Å²) in [5.41, 5.74) is 2.91. The normalized spacial score (nSPS) is 10.6. The van der Waals surface area contributed by atoms with Crippen molar-refractivity contribution in [2.45, 2.75) is 6.54 Å². The van der Waals surface area contributed by atoms with Crippen LogP contribution in [0.1, 0.15) is 5.56 Å². The predicted octanol–water partition coefficient (Wildman–Crippen LogP) is 3.90. The lowest BCUT2D eigenvalue weighted by atomic mass is 10.2. The van der Waals surface area contributed by atoms with Crippen molar-refractivity contribution in [2.75, 3.05) is 12.4 Å². The molecule has 106 valence electrons. The van der Waals surface area contributed by atoms with Crippen LogP contribution in [-0.4, -0.2) is 17.1 Å². The number of ether oxygens (including phenoxy) is 1. The van der Waals surface area contributed by atoms with Gasteiger partial charge >= 0.3 is 0 Å². The van der Waals surface area contributed by atoms with E-state index in [0.29, 0.717) is 11.7 Å². The molecule has 1 heterocycles. The maximum atomic E-state index is 6.18. The van der Waals surface area contributed by atoms with Crippen molar-refractivity contribution in [3.8, 4) is 5.75 Å². The van der Waals surface area contributed by atoms with Gasteiger partial charge in [-0.2, -0.15) is 0 Å². The molecule has 0 bridgehead atoms. The Kier molecular flexibility index (Phi) is 3.88. The molecule has 0 fully saturated rings. The van der Waals surface area contributed by atoms with Crippen LogP contribution in [0.5, 0.6) is 5.75 Å². The van der Waals surface area contributed by atoms with Gasteiger partial charge in [0.05, 0.1) is 18.0 Å². The van der Waals surface area contributed by atoms with Crippen LogP contribution >= 0.6 is 11.6 Å². The molecular formula is C16H14ClN3O. The van der Waals surface area contributed by atoms with Crippen molar-refractivity contribution in [2.24, 2.45) is 0 Å². The van der Waals surface area contributed by atoms with E-state index in [0.717, 1.165) is 27.9 Å². The number of hydrogen-bond acceptors (Lipinski definition) is 4. The van der Waals surface area contributed by atoms with Crippen LogP contribution < -0.4 is 10.1 Å². The Morgan fingerprint density at radius 3 is 2.67 bits per heavy atom. The highest BCUT2D eigenvalue weighted by Gasteiger charge is 2.06. The van der Waals surface area contributed by atoms with E-state index in [1.807, 2.05) is 42.5 Å². The second-order valence-electron chi connectivity index (χ2n) is 4.57. The zero-order valence-electron chi connectivity index (χ0n) is 11.5. The Morgan fingerprint density at radius 2 is 1.90 bits per heavy atom. The van der Waals surface area contributed by atoms with Crippen molar-refractivity contribution < 1.29 is 4.74 Å². The zero-order valence-corrected chi connectivity index (χ0v) is 12.3. The minimum absolute atomic E-state index is 0.456. The summed E-state index contributed by atoms with van der Waals surface area (Å²) < 4.78 is 5.15. The number of fused-ring (bicyclic) bond motifs is 1. The predicted molar refractivity (Wildman–Crippen MR) is 84.9 cm³/mol. The number of nitrogens with one attached hydrogen (secondary N) is 1. The molecule has 0 aliphatic heterocycles. The Bertz CT molecular complexity index is 754. The molecular weight excluding hydrogens is 286 g/mol. The number of hydrogen-bond donors (Lipinski definition) is 1. The van der Waals surface area contributed by atoms with Gasteiger partial charge in [-0.1, -0.05) is 29.8 Å². The van der Waals surface area contributed by atoms with E-state index in [9.17, 15) is 0 Å². The van der Waals surface area contributed by atoms with Crippen LogP contribution in [0.15, 0.2) is 48.8 Å². The fourth-order valence-corrected chi connectivity index (χ4v) is 2.40. The summed E-state index contributed by atoms with van der Waals surface area (Å²) in [7, 11) is 1.66. The third kappa shape index (κ3) is 2.90. The molecule has 4 nitrogen and oxygen atoms in total. The average molecular weight is 300 g/mol. The molecule has 3 aromatic rings. The first-order valence-electron chi connectivity index (χ1n) is 6.54. The van der Waals surface area contributed by atoms with E-state index < -0.39 is 0 Å². The van der Waals surface area contributed by atoms with Crippen LogP contribution in [0.4, 0.5) is 5.69 Å². The van der Waals surface area contributed by atoms with Gasteiger partial charge in [0, 0.05) is 12.2 Å². The quantitative estimate of drug-likeness (QED) is 0.742. The molecule has 0 saturated carbocycles. The smallest absolute Gasteiger partial charge is 0.142 e. The monoisotopic (exact) mass is 299 g/mol. The van der Waals surface area contributed by atoms with Gasteiger partial charge in [-0.05, 0) is 29.8 Å². The number of anilines is 1. The molecule has 0 atom stereocenters. The second kappa shape index (κ2) is 5.97. The van der Waals surface area contributed by atoms with Gasteiger partial charge in [-0.3, -0.25) is 0 Å². The summed E-state index contributed by atoms with van der Waals surface area (Å²) in [6.45, 7) is 0.689. The molecule has 21 heavy (non-hydrogen) atoms. The minimum Gasteiger partial charge on any atom is -0.497 e. The van der Waals surface area contributed by atoms with Gasteiger partial charge in [0.25, 0.3) is 0 Å². The number of benzene rings is 2. The maximum Gasteiger partial charge on any atom is 0.142 e. The third-order valence-electron chi connectivity index (χ3n) is 3.26. The summed E-state index contributed by atoms with van der Waals surface area (Å²) >= 11 is 6.18. The molecule has 0 saturated heterocycles. The number of aromatic nitrogens is 2. The van der Waals surface area contributed by atoms with Gasteiger partial charge in [0.15, 0.2) is 0 Å². The highest BCUT2D eigenvalue weighted by atomic mass is 35.5. The van der Waals surface area contributed by atoms with Gasteiger partial charge in [0.1, 0.15) is 17.2 Å². The highest BCUT2D eigenvalue weighted by molar-refractivity contribution is 6.35. The van der Waals surface area contributed by atoms with Crippen LogP contribution in [-0.2, 0) is 6.54 Å². The van der Waals surface area contributed by atoms with E-state index >= 15 is 0 Å². The van der Waals surface area contributed by atoms with Crippen molar-refractivity contribution in [3.63, 3.8) is 0 Å². The molecule has 0 aliphatic carbocycles. The number of methoxy groups -OCH3 is 1. The van der Waals surface area contributed by atoms with Crippen LogP contribution in [0, 0.1) is 0 Å². The largest absolute Gasteiger partial charge is 0.497 e. The van der Waals surface area contributed by atoms with E-state index in [2.05, 4.69) is 15.3 Å². The second-order valence-corrected chi connectivity index (χ2v) is 4.92. The lowest BCUT2D eigenvalue weighted by Gasteiger charge is -2.10. The number of rotatable bonds is 4. The molecule has 0 radical (unpaired) electrons. The molecule has 2 aromatic carbocycles. The maximum absolute atomic E-state index is 6.18. The van der Waals surface area contributed by atoms with Crippen molar-refractivity contribution >= 4 is 28.2 Å². The van der Waals surface area contributed by atoms with Crippen LogP contribution in [0.25, 0.3) is 10.9 Å². The van der Waals surface area contributed by atoms with Crippen molar-refractivity contribution in [1.82, 2.24) is 9.97 Å². The standard InChI is InChI=1S/C16H14ClN3O/c1-21-12-7-5-11(6-8-12)9-18-13-3-2-4-14-15(13)16(17)20-10-19-14/h2-8,10,18H,9H2,1H3. The molecule has 0 spiro atoms. The van der Waals surface area contributed by atoms with Crippen molar-refractivity contribution in [3.05, 3.63) is 59.5 Å². The average Bonchev–Trinajstić information content (AvgIpc) is 2.53. The fraction of sp³-hybridized carbons (Fsp3) is 0.125. The van der Waals surface area contributed by atoms with Gasteiger partial charge in [-0.15, -0.1) is 0 Å². The zero-order chi connectivity index (χ0) is 14.7. The molecule has 1 N–H and O–H groups in total. The van der Waals surface area contributed by atoms with Gasteiger partial charge < -0.3 is 10.1 Å². The molecule has 5 heteroatoms. The minimum atomic E-state index is 0.456. The van der Waals surface area contributed by atoms with Crippen LogP contribution in [0.2, 0.25) is 5.15 Å². The molecule has 1 aromatic heterocycles. The Hall–Kier alpha value is -2.33. The van der Waals surface area contributed by atoms with Gasteiger partial charge in [0.2, 0.25) is 0 Å². The Morgan fingerprint density at radius 1 is 1.10 bits per heavy atom. The first-order valence-corrected chi connectivity index (χ1v) is 6.92. The molecule has 0 unspecified atom stereocenters. The number of nitrogens with zero attached hydrogens (tertiary/aromatic N) is 2. The lowest BCUT2D eigenvalue weighted by molar-refractivity contribution is 0.414. The van der Waals surface area contributed by atoms with E-state index in [4.69, 9.17) is 16.3 Å². The van der Waals surface area contributed by atoms with E-state index in [1.165, 1.54) is 6.33 Å². The summed E-state index contributed by atoms with van der Waals surface area (Å²) in [5, 5.41) is 4.68. The summed E-state index contributed by atoms with van der Waals surface area (Å²) in [6, 6.07) is 13.8. The summed E-state index contributed by atoms with van der Waals surface area (Å²) in [4.78, 5) is 8.27. The summed E-state index contributed by atoms with van der Waals surface area (Å²) in [6.07, 6.45) is 1.47. The fourth-order valence-electron chi connectivity index (χ4n) is 2.16. The molecule has 0 amide bonds. The SMILES string of the molecule is COc1ccc(CNc2cccc3ncnc(Cl)c23)cc1. The highest BCUT2D eigenvalue weighted by Crippen LogP contribution is 2.27. The van der Waals surface area contributed by atoms with Gasteiger partial charge in [-0.25, -0.2) is 9.97 Å². The summed E-state index contributed by atoms with van der Waals surface area (Å²) in [5.74, 6) is 0.848. The van der Waals surface area contributed by atoms with E-state index in [-0.39, 0.29) is 0 Å². The van der Waals surface area contributed by atoms with Crippen molar-refractivity contribution in [1.29, 1.82) is 0 Å². The topological polar surface area (TPSA) is 47.0 Å². The molecule has 0 aliphatic rings. The number of halogens is 1.